The van der Waals surface area contributed by atoms with Gasteiger partial charge in [0.15, 0.2) is 0 Å². The molecule has 68 valence electrons. The molecule has 0 fully saturated rings. The molecule has 2 heterocycles. The number of nitrogen functional groups attached to an aromatic ring is 1. The summed E-state index contributed by atoms with van der Waals surface area (Å²) in [6, 6.07) is 0. The zero-order valence-electron chi connectivity index (χ0n) is 7.33. The maximum atomic E-state index is 11.6. The number of anilines is 1. The normalized spacial score (nSPS) is 10.9. The van der Waals surface area contributed by atoms with Crippen molar-refractivity contribution in [1.29, 1.82) is 0 Å². The topological polar surface area (TPSA) is 89.1 Å². The Morgan fingerprint density at radius 3 is 2.77 bits per heavy atom. The lowest BCUT2D eigenvalue weighted by Crippen LogP contribution is -2.19. The van der Waals surface area contributed by atoms with Crippen molar-refractivity contribution in [2.75, 3.05) is 5.73 Å². The van der Waals surface area contributed by atoms with E-state index in [4.69, 9.17) is 5.73 Å². The van der Waals surface area contributed by atoms with Crippen LogP contribution in [0.25, 0.3) is 5.78 Å². The van der Waals surface area contributed by atoms with Crippen LogP contribution in [0.2, 0.25) is 0 Å². The van der Waals surface area contributed by atoms with Crippen LogP contribution in [0, 0.1) is 13.8 Å². The first-order chi connectivity index (χ1) is 6.09. The Labute approximate surface area is 73.4 Å². The minimum Gasteiger partial charge on any atom is -0.368 e. The number of aryl methyl sites for hydroxylation is 1. The predicted molar refractivity (Wildman–Crippen MR) is 47.5 cm³/mol. The number of hydrogen-bond acceptors (Lipinski definition) is 4. The molecule has 0 amide bonds. The average molecular weight is 179 g/mol. The fraction of sp³-hybridized carbons (Fsp3) is 0.286. The monoisotopic (exact) mass is 179 g/mol. The van der Waals surface area contributed by atoms with Gasteiger partial charge in [-0.2, -0.15) is 9.50 Å². The number of nitrogens with one attached hydrogen (secondary N) is 1. The molecule has 0 unspecified atom stereocenters. The molecule has 0 bridgehead atoms. The van der Waals surface area contributed by atoms with Gasteiger partial charge in [0.1, 0.15) is 0 Å². The molecule has 2 aromatic rings. The van der Waals surface area contributed by atoms with Crippen molar-refractivity contribution in [1.82, 2.24) is 19.6 Å². The second kappa shape index (κ2) is 2.32. The average Bonchev–Trinajstić information content (AvgIpc) is 2.42. The van der Waals surface area contributed by atoms with Crippen molar-refractivity contribution in [2.45, 2.75) is 13.8 Å². The molecule has 0 aliphatic heterocycles. The molecule has 0 aliphatic rings. The van der Waals surface area contributed by atoms with Crippen LogP contribution >= 0.6 is 0 Å². The van der Waals surface area contributed by atoms with Gasteiger partial charge in [0, 0.05) is 11.3 Å². The lowest BCUT2D eigenvalue weighted by Gasteiger charge is -1.96. The lowest BCUT2D eigenvalue weighted by molar-refractivity contribution is 0.876. The van der Waals surface area contributed by atoms with Crippen LogP contribution in [0.3, 0.4) is 0 Å². The van der Waals surface area contributed by atoms with Crippen LogP contribution in [0.4, 0.5) is 5.95 Å². The first-order valence-corrected chi connectivity index (χ1v) is 3.81. The summed E-state index contributed by atoms with van der Waals surface area (Å²) in [5, 5.41) is 2.60. The van der Waals surface area contributed by atoms with E-state index in [1.165, 1.54) is 4.52 Å². The van der Waals surface area contributed by atoms with Gasteiger partial charge in [0.25, 0.3) is 11.3 Å². The van der Waals surface area contributed by atoms with E-state index in [1.54, 1.807) is 13.8 Å². The van der Waals surface area contributed by atoms with E-state index in [-0.39, 0.29) is 11.5 Å². The molecule has 0 aromatic carbocycles. The summed E-state index contributed by atoms with van der Waals surface area (Å²) in [5.74, 6) is 0.500. The highest BCUT2D eigenvalue weighted by Crippen LogP contribution is 2.00. The van der Waals surface area contributed by atoms with Gasteiger partial charge in [0.05, 0.1) is 0 Å². The summed E-state index contributed by atoms with van der Waals surface area (Å²) in [4.78, 5) is 19.5. The number of rotatable bonds is 0. The molecule has 0 saturated carbocycles. The fourth-order valence-corrected chi connectivity index (χ4v) is 1.12. The molecule has 13 heavy (non-hydrogen) atoms. The molecule has 0 radical (unpaired) electrons. The van der Waals surface area contributed by atoms with Crippen LogP contribution in [0.15, 0.2) is 4.79 Å². The fourth-order valence-electron chi connectivity index (χ4n) is 1.12. The molecule has 2 aromatic heterocycles. The Bertz CT molecular complexity index is 523. The molecule has 0 spiro atoms. The SMILES string of the molecule is Cc1nc2nc(N)[nH]n2c(=O)c1C. The highest BCUT2D eigenvalue weighted by atomic mass is 16.1. The maximum absolute atomic E-state index is 11.6. The summed E-state index contributed by atoms with van der Waals surface area (Å²) in [7, 11) is 0. The molecule has 6 nitrogen and oxygen atoms in total. The van der Waals surface area contributed by atoms with Crippen molar-refractivity contribution in [2.24, 2.45) is 0 Å². The molecule has 3 N–H and O–H groups in total. The van der Waals surface area contributed by atoms with Crippen LogP contribution < -0.4 is 11.3 Å². The third-order valence-corrected chi connectivity index (χ3v) is 1.98. The van der Waals surface area contributed by atoms with Crippen LogP contribution in [-0.4, -0.2) is 19.6 Å². The third kappa shape index (κ3) is 0.986. The molecule has 6 heteroatoms. The number of fused-ring (bicyclic) bond motifs is 1. The summed E-state index contributed by atoms with van der Waals surface area (Å²) in [6.07, 6.45) is 0. The first kappa shape index (κ1) is 7.78. The van der Waals surface area contributed by atoms with E-state index in [1.807, 2.05) is 0 Å². The van der Waals surface area contributed by atoms with Gasteiger partial charge in [-0.05, 0) is 13.8 Å². The number of aromatic nitrogens is 4. The van der Waals surface area contributed by atoms with Gasteiger partial charge in [-0.15, -0.1) is 0 Å². The molecular formula is C7H9N5O. The Hall–Kier alpha value is -1.85. The molecule has 0 atom stereocenters. The number of hydrogen-bond donors (Lipinski definition) is 2. The largest absolute Gasteiger partial charge is 0.368 e. The second-order valence-corrected chi connectivity index (χ2v) is 2.87. The van der Waals surface area contributed by atoms with Crippen molar-refractivity contribution in [3.63, 3.8) is 0 Å². The number of H-pyrrole nitrogens is 1. The summed E-state index contributed by atoms with van der Waals surface area (Å²) in [6.45, 7) is 3.48. The standard InChI is InChI=1S/C7H9N5O/c1-3-4(2)9-7-10-6(8)11-12(7)5(3)13/h1-2H3,(H3,8,9,10,11). The highest BCUT2D eigenvalue weighted by Gasteiger charge is 2.07. The van der Waals surface area contributed by atoms with Gasteiger partial charge < -0.3 is 5.73 Å². The molecular weight excluding hydrogens is 170 g/mol. The Kier molecular flexibility index (Phi) is 1.39. The number of nitrogens with zero attached hydrogens (tertiary/aromatic N) is 3. The van der Waals surface area contributed by atoms with E-state index >= 15 is 0 Å². The smallest absolute Gasteiger partial charge is 0.277 e. The molecule has 2 rings (SSSR count). The van der Waals surface area contributed by atoms with Crippen LogP contribution in [0.5, 0.6) is 0 Å². The van der Waals surface area contributed by atoms with Crippen molar-refractivity contribution < 1.29 is 0 Å². The lowest BCUT2D eigenvalue weighted by atomic mass is 10.3. The number of aromatic amines is 1. The van der Waals surface area contributed by atoms with E-state index < -0.39 is 0 Å². The summed E-state index contributed by atoms with van der Waals surface area (Å²) >= 11 is 0. The Morgan fingerprint density at radius 2 is 2.08 bits per heavy atom. The number of nitrogens with two attached hydrogens (primary N) is 1. The molecule has 0 aliphatic carbocycles. The van der Waals surface area contributed by atoms with E-state index in [0.717, 1.165) is 0 Å². The van der Waals surface area contributed by atoms with Crippen molar-refractivity contribution >= 4 is 11.7 Å². The highest BCUT2D eigenvalue weighted by molar-refractivity contribution is 5.35. The zero-order chi connectivity index (χ0) is 9.59. The van der Waals surface area contributed by atoms with Gasteiger partial charge in [-0.3, -0.25) is 9.89 Å². The van der Waals surface area contributed by atoms with Crippen molar-refractivity contribution in [3.05, 3.63) is 21.6 Å². The summed E-state index contributed by atoms with van der Waals surface area (Å²) in [5.41, 5.74) is 6.51. The Morgan fingerprint density at radius 1 is 1.38 bits per heavy atom. The van der Waals surface area contributed by atoms with Gasteiger partial charge in [-0.25, -0.2) is 4.98 Å². The second-order valence-electron chi connectivity index (χ2n) is 2.87. The Balaban J connectivity index is 3.01. The minimum absolute atomic E-state index is 0.160. The first-order valence-electron chi connectivity index (χ1n) is 3.81. The minimum atomic E-state index is -0.160. The predicted octanol–water partition coefficient (Wildman–Crippen LogP) is -0.383. The van der Waals surface area contributed by atoms with Gasteiger partial charge in [0.2, 0.25) is 5.95 Å². The molecule has 0 saturated heterocycles. The maximum Gasteiger partial charge on any atom is 0.277 e. The van der Waals surface area contributed by atoms with Crippen molar-refractivity contribution in [3.8, 4) is 0 Å². The van der Waals surface area contributed by atoms with E-state index in [0.29, 0.717) is 17.0 Å². The summed E-state index contributed by atoms with van der Waals surface area (Å²) < 4.78 is 1.23. The quantitative estimate of drug-likeness (QED) is 0.576. The zero-order valence-corrected chi connectivity index (χ0v) is 7.33. The van der Waals surface area contributed by atoms with Crippen LogP contribution in [-0.2, 0) is 0 Å². The van der Waals surface area contributed by atoms with Gasteiger partial charge in [-0.1, -0.05) is 0 Å². The van der Waals surface area contributed by atoms with Gasteiger partial charge >= 0.3 is 0 Å². The van der Waals surface area contributed by atoms with E-state index in [2.05, 4.69) is 15.1 Å². The van der Waals surface area contributed by atoms with E-state index in [9.17, 15) is 4.79 Å². The van der Waals surface area contributed by atoms with Crippen LogP contribution in [0.1, 0.15) is 11.3 Å². The third-order valence-electron chi connectivity index (χ3n) is 1.98.